The molecule has 0 fully saturated rings. The van der Waals surface area contributed by atoms with Crippen molar-refractivity contribution in [2.24, 2.45) is 0 Å². The van der Waals surface area contributed by atoms with E-state index < -0.39 is 33.4 Å². The average molecular weight is 267 g/mol. The summed E-state index contributed by atoms with van der Waals surface area (Å²) in [5, 5.41) is 9.10. The third-order valence-electron chi connectivity index (χ3n) is 1.53. The van der Waals surface area contributed by atoms with Crippen LogP contribution in [-0.2, 0) is 4.74 Å². The van der Waals surface area contributed by atoms with Crippen LogP contribution >= 0.6 is 15.9 Å². The Morgan fingerprint density at radius 2 is 2.14 bits per heavy atom. The van der Waals surface area contributed by atoms with Gasteiger partial charge in [0.25, 0.3) is 0 Å². The number of rotatable bonds is 1. The van der Waals surface area contributed by atoms with E-state index in [9.17, 15) is 13.6 Å². The van der Waals surface area contributed by atoms with Crippen molar-refractivity contribution in [3.05, 3.63) is 27.7 Å². The van der Waals surface area contributed by atoms with Crippen LogP contribution in [0.2, 0.25) is 0 Å². The monoisotopic (exact) mass is 266 g/mol. The minimum absolute atomic E-state index is 0.518. The largest absolute Gasteiger partial charge is 0.507 e. The Balaban J connectivity index is 3.44. The van der Waals surface area contributed by atoms with Crippen LogP contribution in [0.1, 0.15) is 10.4 Å². The highest BCUT2D eigenvalue weighted by Crippen LogP contribution is 2.30. The normalized spacial score (nSPS) is 10.0. The maximum atomic E-state index is 13.2. The van der Waals surface area contributed by atoms with Crippen molar-refractivity contribution >= 4 is 21.9 Å². The molecule has 76 valence electrons. The fourth-order valence-corrected chi connectivity index (χ4v) is 1.19. The lowest BCUT2D eigenvalue weighted by Gasteiger charge is -2.05. The molecule has 0 bridgehead atoms. The van der Waals surface area contributed by atoms with Crippen molar-refractivity contribution in [1.29, 1.82) is 0 Å². The van der Waals surface area contributed by atoms with E-state index in [0.717, 1.165) is 7.11 Å². The van der Waals surface area contributed by atoms with Gasteiger partial charge in [0.15, 0.2) is 5.82 Å². The van der Waals surface area contributed by atoms with Crippen LogP contribution in [0.25, 0.3) is 0 Å². The van der Waals surface area contributed by atoms with E-state index >= 15 is 0 Å². The predicted octanol–water partition coefficient (Wildman–Crippen LogP) is 2.22. The van der Waals surface area contributed by atoms with Crippen LogP contribution < -0.4 is 0 Å². The van der Waals surface area contributed by atoms with E-state index in [1.807, 2.05) is 0 Å². The molecule has 0 aliphatic heterocycles. The molecule has 0 spiro atoms. The molecule has 0 aromatic heterocycles. The van der Waals surface area contributed by atoms with Crippen molar-refractivity contribution < 1.29 is 23.4 Å². The first-order chi connectivity index (χ1) is 6.49. The summed E-state index contributed by atoms with van der Waals surface area (Å²) < 4.78 is 29.7. The number of hydrogen-bond acceptors (Lipinski definition) is 3. The van der Waals surface area contributed by atoms with Gasteiger partial charge in [-0.3, -0.25) is 0 Å². The molecule has 1 aromatic carbocycles. The summed E-state index contributed by atoms with van der Waals surface area (Å²) in [6.45, 7) is 0. The molecule has 1 N–H and O–H groups in total. The van der Waals surface area contributed by atoms with Crippen LogP contribution in [-0.4, -0.2) is 18.2 Å². The molecule has 0 heterocycles. The van der Waals surface area contributed by atoms with Gasteiger partial charge >= 0.3 is 5.97 Å². The van der Waals surface area contributed by atoms with Gasteiger partial charge in [-0.15, -0.1) is 0 Å². The first kappa shape index (κ1) is 10.9. The summed E-state index contributed by atoms with van der Waals surface area (Å²) in [7, 11) is 1.03. The zero-order valence-electron chi connectivity index (χ0n) is 6.97. The number of ether oxygens (including phenoxy) is 1. The summed E-state index contributed by atoms with van der Waals surface area (Å²) >= 11 is 2.59. The number of phenolic OH excluding ortho intramolecular Hbond substituents is 1. The van der Waals surface area contributed by atoms with E-state index in [1.54, 1.807) is 0 Å². The van der Waals surface area contributed by atoms with Gasteiger partial charge in [0.1, 0.15) is 17.1 Å². The van der Waals surface area contributed by atoms with Crippen molar-refractivity contribution in [2.45, 2.75) is 0 Å². The fraction of sp³-hybridized carbons (Fsp3) is 0.125. The van der Waals surface area contributed by atoms with Crippen LogP contribution in [0.15, 0.2) is 10.5 Å². The van der Waals surface area contributed by atoms with Gasteiger partial charge in [-0.2, -0.15) is 0 Å². The van der Waals surface area contributed by atoms with Gasteiger partial charge in [-0.1, -0.05) is 0 Å². The van der Waals surface area contributed by atoms with E-state index in [1.165, 1.54) is 0 Å². The maximum Gasteiger partial charge on any atom is 0.344 e. The second-order valence-electron chi connectivity index (χ2n) is 2.37. The molecular formula is C8H5BrF2O3. The number of carbonyl (C=O) groups is 1. The predicted molar refractivity (Wildman–Crippen MR) is 47.1 cm³/mol. The highest BCUT2D eigenvalue weighted by molar-refractivity contribution is 9.10. The minimum Gasteiger partial charge on any atom is -0.507 e. The van der Waals surface area contributed by atoms with E-state index in [-0.39, 0.29) is 0 Å². The molecule has 0 atom stereocenters. The molecule has 0 aliphatic carbocycles. The number of benzene rings is 1. The topological polar surface area (TPSA) is 46.5 Å². The molecule has 6 heteroatoms. The van der Waals surface area contributed by atoms with Crippen LogP contribution in [0.4, 0.5) is 8.78 Å². The summed E-state index contributed by atoms with van der Waals surface area (Å²) in [4.78, 5) is 11.0. The summed E-state index contributed by atoms with van der Waals surface area (Å²) in [6, 6.07) is 0.624. The zero-order valence-corrected chi connectivity index (χ0v) is 8.56. The molecule has 0 unspecified atom stereocenters. The Morgan fingerprint density at radius 3 is 2.64 bits per heavy atom. The Bertz CT molecular complexity index is 393. The van der Waals surface area contributed by atoms with Crippen LogP contribution in [0, 0.1) is 11.6 Å². The lowest BCUT2D eigenvalue weighted by atomic mass is 10.2. The number of methoxy groups -OCH3 is 1. The van der Waals surface area contributed by atoms with Gasteiger partial charge in [0, 0.05) is 6.07 Å². The molecule has 3 nitrogen and oxygen atoms in total. The van der Waals surface area contributed by atoms with Gasteiger partial charge in [-0.05, 0) is 15.9 Å². The van der Waals surface area contributed by atoms with Crippen molar-refractivity contribution in [2.75, 3.05) is 7.11 Å². The highest BCUT2D eigenvalue weighted by atomic mass is 79.9. The summed E-state index contributed by atoms with van der Waals surface area (Å²) in [5.41, 5.74) is -0.694. The summed E-state index contributed by atoms with van der Waals surface area (Å²) in [5.74, 6) is -4.04. The van der Waals surface area contributed by atoms with E-state index in [0.29, 0.717) is 6.07 Å². The van der Waals surface area contributed by atoms with Gasteiger partial charge < -0.3 is 9.84 Å². The van der Waals surface area contributed by atoms with Gasteiger partial charge in [0.05, 0.1) is 11.6 Å². The zero-order chi connectivity index (χ0) is 10.9. The van der Waals surface area contributed by atoms with Crippen molar-refractivity contribution in [3.63, 3.8) is 0 Å². The molecule has 1 aromatic rings. The third kappa shape index (κ3) is 1.70. The number of carbonyl (C=O) groups excluding carboxylic acids is 1. The molecule has 0 aliphatic rings. The number of aromatic hydroxyl groups is 1. The standard InChI is InChI=1S/C8H5BrF2O3/c1-14-8(13)5-4(12)2-3(10)6(9)7(5)11/h2,12H,1H3. The second kappa shape index (κ2) is 3.91. The number of hydrogen-bond donors (Lipinski definition) is 1. The average Bonchev–Trinajstić information content (AvgIpc) is 2.14. The SMILES string of the molecule is COC(=O)c1c(O)cc(F)c(Br)c1F. The Kier molecular flexibility index (Phi) is 3.05. The maximum absolute atomic E-state index is 13.2. The Morgan fingerprint density at radius 1 is 1.57 bits per heavy atom. The first-order valence-corrected chi connectivity index (χ1v) is 4.23. The van der Waals surface area contributed by atoms with E-state index in [2.05, 4.69) is 20.7 Å². The minimum atomic E-state index is -1.19. The molecule has 0 radical (unpaired) electrons. The van der Waals surface area contributed by atoms with Crippen LogP contribution in [0.3, 0.4) is 0 Å². The lowest BCUT2D eigenvalue weighted by Crippen LogP contribution is -2.06. The Labute approximate surface area is 86.4 Å². The third-order valence-corrected chi connectivity index (χ3v) is 2.26. The highest BCUT2D eigenvalue weighted by Gasteiger charge is 2.22. The number of esters is 1. The van der Waals surface area contributed by atoms with Crippen molar-refractivity contribution in [1.82, 2.24) is 0 Å². The smallest absolute Gasteiger partial charge is 0.344 e. The molecular weight excluding hydrogens is 262 g/mol. The fourth-order valence-electron chi connectivity index (χ4n) is 0.879. The van der Waals surface area contributed by atoms with Crippen molar-refractivity contribution in [3.8, 4) is 5.75 Å². The van der Waals surface area contributed by atoms with Crippen LogP contribution in [0.5, 0.6) is 5.75 Å². The molecule has 0 saturated heterocycles. The lowest BCUT2D eigenvalue weighted by molar-refractivity contribution is 0.0591. The quantitative estimate of drug-likeness (QED) is 0.626. The molecule has 1 rings (SSSR count). The number of halogens is 3. The Hall–Kier alpha value is -1.17. The van der Waals surface area contributed by atoms with E-state index in [4.69, 9.17) is 5.11 Å². The van der Waals surface area contributed by atoms with Gasteiger partial charge in [0.2, 0.25) is 0 Å². The first-order valence-electron chi connectivity index (χ1n) is 3.43. The molecule has 0 amide bonds. The second-order valence-corrected chi connectivity index (χ2v) is 3.17. The summed E-state index contributed by atoms with van der Waals surface area (Å²) in [6.07, 6.45) is 0. The molecule has 14 heavy (non-hydrogen) atoms. The molecule has 0 saturated carbocycles. The number of phenols is 1. The van der Waals surface area contributed by atoms with Gasteiger partial charge in [-0.25, -0.2) is 13.6 Å².